The number of carbonyl (C=O) groups is 1. The molecule has 1 amide bonds. The van der Waals surface area contributed by atoms with Crippen LogP contribution < -0.4 is 5.32 Å². The number of halogens is 1. The monoisotopic (exact) mass is 370 g/mol. The maximum absolute atomic E-state index is 13.1. The van der Waals surface area contributed by atoms with E-state index in [0.29, 0.717) is 17.1 Å². The van der Waals surface area contributed by atoms with Crippen molar-refractivity contribution in [1.29, 1.82) is 0 Å². The Morgan fingerprint density at radius 2 is 2.11 bits per heavy atom. The number of carbonyl (C=O) groups excluding carboxylic acids is 1. The Kier molecular flexibility index (Phi) is 5.46. The first-order valence-electron chi connectivity index (χ1n) is 8.35. The Morgan fingerprint density at radius 1 is 1.37 bits per heavy atom. The summed E-state index contributed by atoms with van der Waals surface area (Å²) < 4.78 is 18.4. The molecular formula is C19H19FN4O3. The first-order valence-corrected chi connectivity index (χ1v) is 8.35. The van der Waals surface area contributed by atoms with Gasteiger partial charge in [0.2, 0.25) is 0 Å². The van der Waals surface area contributed by atoms with Crippen LogP contribution in [0.25, 0.3) is 23.4 Å². The summed E-state index contributed by atoms with van der Waals surface area (Å²) in [5.74, 6) is -0.0877. The fourth-order valence-corrected chi connectivity index (χ4v) is 2.45. The van der Waals surface area contributed by atoms with Crippen LogP contribution in [0.1, 0.15) is 34.4 Å². The number of aromatic amines is 1. The maximum Gasteiger partial charge on any atom is 0.272 e. The van der Waals surface area contributed by atoms with Gasteiger partial charge >= 0.3 is 0 Å². The van der Waals surface area contributed by atoms with Crippen LogP contribution in [0.3, 0.4) is 0 Å². The molecule has 0 fully saturated rings. The number of aliphatic hydroxyl groups is 1. The van der Waals surface area contributed by atoms with Crippen LogP contribution >= 0.6 is 0 Å². The zero-order valence-corrected chi connectivity index (χ0v) is 14.9. The summed E-state index contributed by atoms with van der Waals surface area (Å²) in [5, 5.41) is 22.4. The minimum absolute atomic E-state index is 0.151. The van der Waals surface area contributed by atoms with E-state index in [1.165, 1.54) is 12.1 Å². The Labute approximate surface area is 154 Å². The number of H-pyrrole nitrogens is 1. The van der Waals surface area contributed by atoms with Crippen LogP contribution in [0.15, 0.2) is 34.9 Å². The molecule has 2 heterocycles. The van der Waals surface area contributed by atoms with Crippen LogP contribution in [0.5, 0.6) is 0 Å². The molecule has 8 heteroatoms. The van der Waals surface area contributed by atoms with Crippen molar-refractivity contribution in [2.24, 2.45) is 0 Å². The molecule has 0 aliphatic rings. The van der Waals surface area contributed by atoms with Gasteiger partial charge in [-0.25, -0.2) is 4.39 Å². The van der Waals surface area contributed by atoms with Crippen LogP contribution in [0.2, 0.25) is 0 Å². The van der Waals surface area contributed by atoms with Gasteiger partial charge < -0.3 is 14.9 Å². The van der Waals surface area contributed by atoms with Crippen molar-refractivity contribution >= 4 is 18.1 Å². The highest BCUT2D eigenvalue weighted by molar-refractivity contribution is 5.93. The number of nitrogens with zero attached hydrogens (tertiary/aromatic N) is 2. The average molecular weight is 370 g/mol. The molecule has 3 rings (SSSR count). The van der Waals surface area contributed by atoms with E-state index < -0.39 is 0 Å². The quantitative estimate of drug-likeness (QED) is 0.619. The van der Waals surface area contributed by atoms with E-state index in [2.05, 4.69) is 20.7 Å². The minimum Gasteiger partial charge on any atom is -0.394 e. The molecule has 3 aromatic rings. The molecule has 0 spiro atoms. The van der Waals surface area contributed by atoms with Crippen molar-refractivity contribution < 1.29 is 18.8 Å². The predicted molar refractivity (Wildman–Crippen MR) is 98.2 cm³/mol. The lowest BCUT2D eigenvalue weighted by molar-refractivity contribution is 0.0917. The number of benzene rings is 1. The summed E-state index contributed by atoms with van der Waals surface area (Å²) in [4.78, 5) is 12.0. The van der Waals surface area contributed by atoms with Crippen LogP contribution in [0, 0.1) is 12.7 Å². The number of nitrogens with one attached hydrogen (secondary N) is 2. The van der Waals surface area contributed by atoms with Crippen molar-refractivity contribution in [3.05, 3.63) is 58.9 Å². The van der Waals surface area contributed by atoms with Crippen molar-refractivity contribution in [1.82, 2.24) is 20.7 Å². The maximum atomic E-state index is 13.1. The van der Waals surface area contributed by atoms with Gasteiger partial charge in [-0.05, 0) is 56.3 Å². The number of amides is 1. The highest BCUT2D eigenvalue weighted by atomic mass is 19.1. The topological polar surface area (TPSA) is 104 Å². The third-order valence-electron chi connectivity index (χ3n) is 3.94. The first-order chi connectivity index (χ1) is 13.0. The summed E-state index contributed by atoms with van der Waals surface area (Å²) in [7, 11) is 0. The van der Waals surface area contributed by atoms with Gasteiger partial charge in [0.1, 0.15) is 17.3 Å². The van der Waals surface area contributed by atoms with Crippen molar-refractivity contribution in [3.8, 4) is 11.3 Å². The fraction of sp³-hybridized carbons (Fsp3) is 0.211. The normalized spacial score (nSPS) is 12.4. The van der Waals surface area contributed by atoms with E-state index >= 15 is 0 Å². The molecule has 27 heavy (non-hydrogen) atoms. The number of hydrogen-bond acceptors (Lipinski definition) is 5. The second-order valence-electron chi connectivity index (χ2n) is 6.11. The minimum atomic E-state index is -0.374. The lowest BCUT2D eigenvalue weighted by Gasteiger charge is -2.08. The molecule has 0 aliphatic carbocycles. The molecule has 0 saturated heterocycles. The van der Waals surface area contributed by atoms with Gasteiger partial charge in [0.15, 0.2) is 5.69 Å². The Balaban J connectivity index is 1.80. The van der Waals surface area contributed by atoms with Crippen LogP contribution in [0.4, 0.5) is 4.39 Å². The van der Waals surface area contributed by atoms with Crippen molar-refractivity contribution in [2.45, 2.75) is 19.9 Å². The van der Waals surface area contributed by atoms with Gasteiger partial charge in [-0.1, -0.05) is 5.16 Å². The molecule has 1 atom stereocenters. The molecule has 0 aliphatic heterocycles. The van der Waals surface area contributed by atoms with Crippen LogP contribution in [-0.2, 0) is 0 Å². The molecule has 2 aromatic heterocycles. The summed E-state index contributed by atoms with van der Waals surface area (Å²) in [6.07, 6.45) is 3.53. The van der Waals surface area contributed by atoms with E-state index in [0.717, 1.165) is 11.1 Å². The SMILES string of the molecule is Cc1onc(-c2ccc(F)cc2)c1C=Cc1cc(C(=O)NC(C)CO)n[nH]1. The third kappa shape index (κ3) is 4.29. The van der Waals surface area contributed by atoms with Gasteiger partial charge in [-0.3, -0.25) is 9.89 Å². The number of aromatic nitrogens is 3. The molecule has 1 unspecified atom stereocenters. The molecule has 0 radical (unpaired) electrons. The highest BCUT2D eigenvalue weighted by Gasteiger charge is 2.14. The standard InChI is InChI=1S/C19H19FN4O3/c1-11(10-25)21-19(26)17-9-15(22-23-17)7-8-16-12(2)27-24-18(16)13-3-5-14(20)6-4-13/h3-9,11,25H,10H2,1-2H3,(H,21,26)(H,22,23). The Morgan fingerprint density at radius 3 is 2.81 bits per heavy atom. The van der Waals surface area contributed by atoms with E-state index in [-0.39, 0.29) is 30.1 Å². The summed E-state index contributed by atoms with van der Waals surface area (Å²) in [6, 6.07) is 7.22. The highest BCUT2D eigenvalue weighted by Crippen LogP contribution is 2.27. The number of rotatable bonds is 6. The van der Waals surface area contributed by atoms with E-state index in [1.54, 1.807) is 44.2 Å². The number of aliphatic hydroxyl groups excluding tert-OH is 1. The molecule has 1 aromatic carbocycles. The average Bonchev–Trinajstić information content (AvgIpc) is 3.27. The molecule has 0 saturated carbocycles. The zero-order chi connectivity index (χ0) is 19.4. The first kappa shape index (κ1) is 18.5. The van der Waals surface area contributed by atoms with Gasteiger partial charge in [0, 0.05) is 17.2 Å². The molecular weight excluding hydrogens is 351 g/mol. The fourth-order valence-electron chi connectivity index (χ4n) is 2.45. The van der Waals surface area contributed by atoms with Gasteiger partial charge in [0.25, 0.3) is 5.91 Å². The van der Waals surface area contributed by atoms with Gasteiger partial charge in [-0.2, -0.15) is 5.10 Å². The predicted octanol–water partition coefficient (Wildman–Crippen LogP) is 2.79. The van der Waals surface area contributed by atoms with E-state index in [1.807, 2.05) is 0 Å². The molecule has 3 N–H and O–H groups in total. The largest absolute Gasteiger partial charge is 0.394 e. The van der Waals surface area contributed by atoms with E-state index in [4.69, 9.17) is 9.63 Å². The smallest absolute Gasteiger partial charge is 0.272 e. The number of aryl methyl sites for hydroxylation is 1. The van der Waals surface area contributed by atoms with Gasteiger partial charge in [0.05, 0.1) is 12.3 Å². The molecule has 0 bridgehead atoms. The third-order valence-corrected chi connectivity index (χ3v) is 3.94. The summed E-state index contributed by atoms with van der Waals surface area (Å²) in [6.45, 7) is 3.32. The van der Waals surface area contributed by atoms with Gasteiger partial charge in [-0.15, -0.1) is 0 Å². The lowest BCUT2D eigenvalue weighted by atomic mass is 10.1. The lowest BCUT2D eigenvalue weighted by Crippen LogP contribution is -2.35. The van der Waals surface area contributed by atoms with Crippen molar-refractivity contribution in [2.75, 3.05) is 6.61 Å². The Hall–Kier alpha value is -3.26. The molecule has 7 nitrogen and oxygen atoms in total. The summed E-state index contributed by atoms with van der Waals surface area (Å²) in [5.41, 5.74) is 2.91. The second-order valence-corrected chi connectivity index (χ2v) is 6.11. The van der Waals surface area contributed by atoms with Crippen molar-refractivity contribution in [3.63, 3.8) is 0 Å². The zero-order valence-electron chi connectivity index (χ0n) is 14.9. The molecule has 140 valence electrons. The second kappa shape index (κ2) is 7.96. The summed E-state index contributed by atoms with van der Waals surface area (Å²) >= 11 is 0. The number of hydrogen-bond donors (Lipinski definition) is 3. The Bertz CT molecular complexity index is 960. The van der Waals surface area contributed by atoms with Crippen LogP contribution in [-0.4, -0.2) is 39.0 Å². The van der Waals surface area contributed by atoms with E-state index in [9.17, 15) is 9.18 Å².